The molecule has 8 heteroatoms. The number of ether oxygens (including phenoxy) is 1. The third-order valence-corrected chi connectivity index (χ3v) is 6.42. The summed E-state index contributed by atoms with van der Waals surface area (Å²) < 4.78 is 5.50. The molecule has 1 N–H and O–H groups in total. The topological polar surface area (TPSA) is 66.8 Å². The number of esters is 1. The number of rotatable bonds is 7. The summed E-state index contributed by atoms with van der Waals surface area (Å²) in [6, 6.07) is 0. The van der Waals surface area contributed by atoms with E-state index < -0.39 is 0 Å². The fourth-order valence-electron chi connectivity index (χ4n) is 3.82. The number of guanidine groups is 1. The number of aromatic nitrogens is 1. The zero-order valence-electron chi connectivity index (χ0n) is 17.0. The number of fused-ring (bicyclic) bond motifs is 1. The van der Waals surface area contributed by atoms with E-state index in [0.717, 1.165) is 43.2 Å². The predicted molar refractivity (Wildman–Crippen MR) is 125 cm³/mol. The first kappa shape index (κ1) is 23.4. The van der Waals surface area contributed by atoms with Crippen molar-refractivity contribution in [2.75, 3.05) is 20.6 Å². The normalized spacial score (nSPS) is 17.0. The lowest BCUT2D eigenvalue weighted by molar-refractivity contribution is -0.148. The molecule has 1 fully saturated rings. The average molecular weight is 520 g/mol. The van der Waals surface area contributed by atoms with Crippen LogP contribution in [0.1, 0.15) is 66.9 Å². The molecule has 1 heterocycles. The monoisotopic (exact) mass is 520 g/mol. The molecule has 0 amide bonds. The minimum absolute atomic E-state index is 0. The summed E-state index contributed by atoms with van der Waals surface area (Å²) in [5.41, 5.74) is 1.30. The van der Waals surface area contributed by atoms with E-state index in [1.54, 1.807) is 7.05 Å². The first-order chi connectivity index (χ1) is 13.2. The van der Waals surface area contributed by atoms with E-state index in [2.05, 4.69) is 15.2 Å². The largest absolute Gasteiger partial charge is 0.462 e. The van der Waals surface area contributed by atoms with Crippen LogP contribution < -0.4 is 5.32 Å². The second-order valence-electron chi connectivity index (χ2n) is 7.51. The highest BCUT2D eigenvalue weighted by molar-refractivity contribution is 14.0. The van der Waals surface area contributed by atoms with Crippen LogP contribution >= 0.6 is 35.3 Å². The highest BCUT2D eigenvalue weighted by atomic mass is 127. The van der Waals surface area contributed by atoms with Crippen molar-refractivity contribution >= 4 is 47.2 Å². The van der Waals surface area contributed by atoms with Crippen LogP contribution in [0.15, 0.2) is 4.99 Å². The molecular weight excluding hydrogens is 487 g/mol. The Morgan fingerprint density at radius 1 is 1.29 bits per heavy atom. The maximum Gasteiger partial charge on any atom is 0.306 e. The summed E-state index contributed by atoms with van der Waals surface area (Å²) in [7, 11) is 3.82. The van der Waals surface area contributed by atoms with Crippen LogP contribution in [0.3, 0.4) is 0 Å². The fraction of sp³-hybridized carbons (Fsp3) is 0.750. The number of carbonyl (C=O) groups excluding carboxylic acids is 1. The van der Waals surface area contributed by atoms with Gasteiger partial charge in [0.25, 0.3) is 0 Å². The van der Waals surface area contributed by atoms with Crippen LogP contribution in [0, 0.1) is 0 Å². The van der Waals surface area contributed by atoms with Crippen molar-refractivity contribution in [2.24, 2.45) is 4.99 Å². The molecule has 6 nitrogen and oxygen atoms in total. The molecule has 2 aliphatic carbocycles. The number of nitrogens with zero attached hydrogens (tertiary/aromatic N) is 3. The maximum absolute atomic E-state index is 11.9. The van der Waals surface area contributed by atoms with E-state index in [1.807, 2.05) is 18.4 Å². The van der Waals surface area contributed by atoms with E-state index in [4.69, 9.17) is 9.72 Å². The smallest absolute Gasteiger partial charge is 0.306 e. The second kappa shape index (κ2) is 11.9. The molecule has 0 atom stereocenters. The Morgan fingerprint density at radius 2 is 2.04 bits per heavy atom. The summed E-state index contributed by atoms with van der Waals surface area (Å²) in [6.45, 7) is 1.48. The van der Waals surface area contributed by atoms with Gasteiger partial charge in [-0.15, -0.1) is 35.3 Å². The van der Waals surface area contributed by atoms with Gasteiger partial charge in [-0.25, -0.2) is 4.98 Å². The highest BCUT2D eigenvalue weighted by Gasteiger charge is 2.19. The third kappa shape index (κ3) is 6.86. The number of hydrogen-bond donors (Lipinski definition) is 1. The number of aliphatic imine (C=N–C) groups is 1. The van der Waals surface area contributed by atoms with Gasteiger partial charge in [0, 0.05) is 31.9 Å². The molecule has 3 rings (SSSR count). The molecule has 1 saturated carbocycles. The van der Waals surface area contributed by atoms with Crippen molar-refractivity contribution in [3.05, 3.63) is 15.6 Å². The molecule has 0 saturated heterocycles. The molecule has 2 aliphatic rings. The van der Waals surface area contributed by atoms with Gasteiger partial charge in [-0.3, -0.25) is 9.79 Å². The SMILES string of the molecule is CN=C(NCCCC(=O)OC1CCCC1)N(C)Cc1nc2c(s1)CCCC2.I. The zero-order chi connectivity index (χ0) is 19.1. The fourth-order valence-corrected chi connectivity index (χ4v) is 5.03. The van der Waals surface area contributed by atoms with Crippen LogP contribution in [0.4, 0.5) is 0 Å². The van der Waals surface area contributed by atoms with Crippen molar-refractivity contribution < 1.29 is 9.53 Å². The summed E-state index contributed by atoms with van der Waals surface area (Å²) in [4.78, 5) is 24.6. The minimum Gasteiger partial charge on any atom is -0.462 e. The van der Waals surface area contributed by atoms with Gasteiger partial charge in [-0.05, 0) is 57.8 Å². The quantitative estimate of drug-likeness (QED) is 0.194. The van der Waals surface area contributed by atoms with Crippen molar-refractivity contribution in [1.82, 2.24) is 15.2 Å². The molecule has 158 valence electrons. The molecule has 0 spiro atoms. The van der Waals surface area contributed by atoms with Crippen molar-refractivity contribution in [3.63, 3.8) is 0 Å². The van der Waals surface area contributed by atoms with Gasteiger partial charge in [0.05, 0.1) is 12.2 Å². The number of hydrogen-bond acceptors (Lipinski definition) is 5. The van der Waals surface area contributed by atoms with Crippen LogP contribution in [0.2, 0.25) is 0 Å². The summed E-state index contributed by atoms with van der Waals surface area (Å²) in [6.07, 6.45) is 10.7. The van der Waals surface area contributed by atoms with Crippen LogP contribution in [-0.4, -0.2) is 48.6 Å². The third-order valence-electron chi connectivity index (χ3n) is 5.28. The van der Waals surface area contributed by atoms with Gasteiger partial charge in [0.15, 0.2) is 5.96 Å². The van der Waals surface area contributed by atoms with Crippen LogP contribution in [0.25, 0.3) is 0 Å². The van der Waals surface area contributed by atoms with Crippen molar-refractivity contribution in [3.8, 4) is 0 Å². The van der Waals surface area contributed by atoms with E-state index in [-0.39, 0.29) is 36.0 Å². The Labute approximate surface area is 189 Å². The summed E-state index contributed by atoms with van der Waals surface area (Å²) in [5, 5.41) is 4.50. The maximum atomic E-state index is 11.9. The number of halogens is 1. The molecule has 0 radical (unpaired) electrons. The lowest BCUT2D eigenvalue weighted by Crippen LogP contribution is -2.39. The predicted octanol–water partition coefficient (Wildman–Crippen LogP) is 3.91. The summed E-state index contributed by atoms with van der Waals surface area (Å²) >= 11 is 1.84. The van der Waals surface area contributed by atoms with Gasteiger partial charge in [-0.2, -0.15) is 0 Å². The lowest BCUT2D eigenvalue weighted by Gasteiger charge is -2.21. The Balaban J connectivity index is 0.00000280. The molecule has 1 aromatic heterocycles. The summed E-state index contributed by atoms with van der Waals surface area (Å²) in [5.74, 6) is 0.771. The van der Waals surface area contributed by atoms with Gasteiger partial charge >= 0.3 is 5.97 Å². The average Bonchev–Trinajstić information content (AvgIpc) is 3.30. The Hall–Kier alpha value is -0.900. The van der Waals surface area contributed by atoms with Crippen molar-refractivity contribution in [2.45, 2.75) is 76.9 Å². The number of carbonyl (C=O) groups is 1. The van der Waals surface area contributed by atoms with E-state index in [0.29, 0.717) is 13.0 Å². The molecule has 1 aromatic rings. The molecule has 0 aliphatic heterocycles. The van der Waals surface area contributed by atoms with E-state index >= 15 is 0 Å². The Morgan fingerprint density at radius 3 is 2.75 bits per heavy atom. The standard InChI is InChI=1S/C20H32N4O2S.HI/c1-21-20(22-13-7-12-19(25)26-15-8-3-4-9-15)24(2)14-18-23-16-10-5-6-11-17(16)27-18;/h15H,3-14H2,1-2H3,(H,21,22);1H. The van der Waals surface area contributed by atoms with Gasteiger partial charge < -0.3 is 15.0 Å². The van der Waals surface area contributed by atoms with Gasteiger partial charge in [-0.1, -0.05) is 0 Å². The molecule has 28 heavy (non-hydrogen) atoms. The van der Waals surface area contributed by atoms with Gasteiger partial charge in [0.2, 0.25) is 0 Å². The van der Waals surface area contributed by atoms with Crippen LogP contribution in [-0.2, 0) is 28.9 Å². The number of nitrogens with one attached hydrogen (secondary N) is 1. The van der Waals surface area contributed by atoms with Gasteiger partial charge in [0.1, 0.15) is 11.1 Å². The molecule has 0 unspecified atom stereocenters. The number of thiazole rings is 1. The Bertz CT molecular complexity index is 635. The lowest BCUT2D eigenvalue weighted by atomic mass is 10.0. The highest BCUT2D eigenvalue weighted by Crippen LogP contribution is 2.27. The molecule has 0 bridgehead atoms. The minimum atomic E-state index is -0.0691. The zero-order valence-corrected chi connectivity index (χ0v) is 20.2. The van der Waals surface area contributed by atoms with Crippen LogP contribution in [0.5, 0.6) is 0 Å². The Kier molecular flexibility index (Phi) is 9.98. The molecule has 0 aromatic carbocycles. The van der Waals surface area contributed by atoms with E-state index in [9.17, 15) is 4.79 Å². The molecular formula is C20H33IN4O2S. The number of aryl methyl sites for hydroxylation is 2. The van der Waals surface area contributed by atoms with Crippen molar-refractivity contribution in [1.29, 1.82) is 0 Å². The first-order valence-electron chi connectivity index (χ1n) is 10.2. The van der Waals surface area contributed by atoms with E-state index in [1.165, 1.54) is 42.7 Å². The second-order valence-corrected chi connectivity index (χ2v) is 8.68. The first-order valence-corrected chi connectivity index (χ1v) is 11.1.